The van der Waals surface area contributed by atoms with Crippen LogP contribution < -0.4 is 10.1 Å². The fourth-order valence-electron chi connectivity index (χ4n) is 2.54. The fourth-order valence-corrected chi connectivity index (χ4v) is 3.90. The minimum absolute atomic E-state index is 0.0299. The van der Waals surface area contributed by atoms with Crippen LogP contribution in [0.3, 0.4) is 0 Å². The molecular weight excluding hydrogens is 454 g/mol. The molecule has 2 aromatic rings. The first-order valence-electron chi connectivity index (χ1n) is 8.70. The van der Waals surface area contributed by atoms with Gasteiger partial charge >= 0.3 is 0 Å². The molecule has 0 saturated carbocycles. The van der Waals surface area contributed by atoms with Crippen LogP contribution in [0.5, 0.6) is 5.75 Å². The predicted molar refractivity (Wildman–Crippen MR) is 114 cm³/mol. The molecule has 1 N–H and O–H groups in total. The van der Waals surface area contributed by atoms with Gasteiger partial charge in [-0.1, -0.05) is 47.5 Å². The number of carbonyl (C=O) groups excluding carboxylic acids is 3. The van der Waals surface area contributed by atoms with Gasteiger partial charge in [0, 0.05) is 18.7 Å². The summed E-state index contributed by atoms with van der Waals surface area (Å²) in [5.41, 5.74) is 0.215. The van der Waals surface area contributed by atoms with Gasteiger partial charge in [0.05, 0.1) is 15.0 Å². The highest BCUT2D eigenvalue weighted by Gasteiger charge is 2.34. The second-order valence-corrected chi connectivity index (χ2v) is 7.85. The number of nitrogens with one attached hydrogen (secondary N) is 1. The van der Waals surface area contributed by atoms with Crippen molar-refractivity contribution in [3.63, 3.8) is 0 Å². The zero-order valence-electron chi connectivity index (χ0n) is 15.4. The van der Waals surface area contributed by atoms with Crippen molar-refractivity contribution in [3.05, 3.63) is 68.8 Å². The molecule has 10 heteroatoms. The second-order valence-electron chi connectivity index (χ2n) is 6.04. The summed E-state index contributed by atoms with van der Waals surface area (Å²) in [6.45, 7) is -0.333. The summed E-state index contributed by atoms with van der Waals surface area (Å²) in [7, 11) is 0. The number of halogens is 3. The number of hydrogen-bond donors (Lipinski definition) is 1. The molecule has 0 aliphatic carbocycles. The van der Waals surface area contributed by atoms with E-state index in [4.69, 9.17) is 27.9 Å². The molecule has 0 bridgehead atoms. The van der Waals surface area contributed by atoms with E-state index < -0.39 is 22.9 Å². The van der Waals surface area contributed by atoms with Gasteiger partial charge in [0.25, 0.3) is 17.1 Å². The quantitative estimate of drug-likeness (QED) is 0.610. The lowest BCUT2D eigenvalue weighted by molar-refractivity contribution is -0.125. The molecule has 3 amide bonds. The number of rotatable bonds is 7. The van der Waals surface area contributed by atoms with Crippen LogP contribution in [-0.4, -0.2) is 41.6 Å². The van der Waals surface area contributed by atoms with E-state index in [2.05, 4.69) is 5.32 Å². The first-order chi connectivity index (χ1) is 14.4. The summed E-state index contributed by atoms with van der Waals surface area (Å²) in [6, 6.07) is 10.7. The average molecular weight is 469 g/mol. The van der Waals surface area contributed by atoms with Gasteiger partial charge in [-0.05, 0) is 36.0 Å². The van der Waals surface area contributed by atoms with Crippen LogP contribution in [0.15, 0.2) is 47.4 Å². The maximum Gasteiger partial charge on any atom is 0.293 e. The number of hydrogen-bond acceptors (Lipinski definition) is 5. The van der Waals surface area contributed by atoms with Gasteiger partial charge in [0.2, 0.25) is 0 Å². The van der Waals surface area contributed by atoms with Gasteiger partial charge < -0.3 is 10.1 Å². The molecule has 0 atom stereocenters. The molecular formula is C20H15Cl2FN2O4S. The third kappa shape index (κ3) is 5.33. The molecule has 3 rings (SSSR count). The normalized spacial score (nSPS) is 15.0. The van der Waals surface area contributed by atoms with Crippen LogP contribution in [0.2, 0.25) is 10.0 Å². The Morgan fingerprint density at radius 3 is 2.53 bits per heavy atom. The van der Waals surface area contributed by atoms with E-state index in [1.54, 1.807) is 24.3 Å². The Morgan fingerprint density at radius 1 is 1.13 bits per heavy atom. The smallest absolute Gasteiger partial charge is 0.293 e. The van der Waals surface area contributed by atoms with Crippen molar-refractivity contribution >= 4 is 58.1 Å². The number of thioether (sulfide) groups is 1. The second kappa shape index (κ2) is 9.97. The van der Waals surface area contributed by atoms with Crippen LogP contribution in [0.1, 0.15) is 5.56 Å². The number of carbonyl (C=O) groups is 3. The molecule has 1 fully saturated rings. The summed E-state index contributed by atoms with van der Waals surface area (Å²) >= 11 is 12.6. The number of benzene rings is 2. The van der Waals surface area contributed by atoms with Crippen LogP contribution in [0.4, 0.5) is 9.18 Å². The van der Waals surface area contributed by atoms with Crippen LogP contribution in [0.25, 0.3) is 6.08 Å². The zero-order valence-corrected chi connectivity index (χ0v) is 17.7. The van der Waals surface area contributed by atoms with Crippen molar-refractivity contribution in [2.45, 2.75) is 0 Å². The molecule has 0 aromatic heterocycles. The van der Waals surface area contributed by atoms with Crippen molar-refractivity contribution in [2.24, 2.45) is 0 Å². The highest BCUT2D eigenvalue weighted by Crippen LogP contribution is 2.33. The highest BCUT2D eigenvalue weighted by atomic mass is 35.5. The highest BCUT2D eigenvalue weighted by molar-refractivity contribution is 8.18. The predicted octanol–water partition coefficient (Wildman–Crippen LogP) is 4.36. The largest absolute Gasteiger partial charge is 0.481 e. The minimum Gasteiger partial charge on any atom is -0.481 e. The third-order valence-electron chi connectivity index (χ3n) is 3.99. The standard InChI is InChI=1S/C20H15Cl2FN2O4S/c21-13-5-3-6-14(22)18(13)29-11-17(26)24-8-9-25-19(27)16(30-20(25)28)10-12-4-1-2-7-15(12)23/h1-7,10H,8-9,11H2,(H,24,26)/b16-10-. The van der Waals surface area contributed by atoms with E-state index in [0.717, 1.165) is 16.7 Å². The SMILES string of the molecule is O=C(COc1c(Cl)cccc1Cl)NCCN1C(=O)S/C(=C\c2ccccc2F)C1=O. The van der Waals surface area contributed by atoms with Crippen molar-refractivity contribution in [1.82, 2.24) is 10.2 Å². The summed E-state index contributed by atoms with van der Waals surface area (Å²) in [6.07, 6.45) is 1.33. The first-order valence-corrected chi connectivity index (χ1v) is 10.3. The van der Waals surface area contributed by atoms with Gasteiger partial charge in [-0.3, -0.25) is 19.3 Å². The molecule has 1 aliphatic rings. The topological polar surface area (TPSA) is 75.7 Å². The van der Waals surface area contributed by atoms with E-state index in [0.29, 0.717) is 0 Å². The van der Waals surface area contributed by atoms with E-state index in [1.807, 2.05) is 0 Å². The molecule has 0 spiro atoms. The number of ether oxygens (including phenoxy) is 1. The summed E-state index contributed by atoms with van der Waals surface area (Å²) in [5.74, 6) is -1.31. The molecule has 0 radical (unpaired) electrons. The molecule has 156 valence electrons. The van der Waals surface area contributed by atoms with Crippen LogP contribution >= 0.6 is 35.0 Å². The molecule has 1 saturated heterocycles. The van der Waals surface area contributed by atoms with Crippen molar-refractivity contribution in [2.75, 3.05) is 19.7 Å². The first kappa shape index (κ1) is 22.1. The summed E-state index contributed by atoms with van der Waals surface area (Å²) in [5, 5.41) is 2.60. The van der Waals surface area contributed by atoms with Gasteiger partial charge in [-0.2, -0.15) is 0 Å². The summed E-state index contributed by atoms with van der Waals surface area (Å²) < 4.78 is 19.1. The number of amides is 3. The van der Waals surface area contributed by atoms with Crippen molar-refractivity contribution in [3.8, 4) is 5.75 Å². The number of nitrogens with zero attached hydrogens (tertiary/aromatic N) is 1. The minimum atomic E-state index is -0.540. The zero-order chi connectivity index (χ0) is 21.7. The lowest BCUT2D eigenvalue weighted by Crippen LogP contribution is -2.38. The van der Waals surface area contributed by atoms with Gasteiger partial charge in [-0.15, -0.1) is 0 Å². The Balaban J connectivity index is 1.51. The van der Waals surface area contributed by atoms with Gasteiger partial charge in [0.15, 0.2) is 12.4 Å². The lowest BCUT2D eigenvalue weighted by Gasteiger charge is -2.13. The molecule has 30 heavy (non-hydrogen) atoms. The van der Waals surface area contributed by atoms with Gasteiger partial charge in [0.1, 0.15) is 5.82 Å². The Morgan fingerprint density at radius 2 is 1.83 bits per heavy atom. The van der Waals surface area contributed by atoms with Gasteiger partial charge in [-0.25, -0.2) is 4.39 Å². The maximum atomic E-state index is 13.8. The fraction of sp³-hybridized carbons (Fsp3) is 0.150. The molecule has 6 nitrogen and oxygen atoms in total. The van der Waals surface area contributed by atoms with Crippen molar-refractivity contribution < 1.29 is 23.5 Å². The molecule has 0 unspecified atom stereocenters. The number of imide groups is 1. The van der Waals surface area contributed by atoms with Crippen LogP contribution in [0, 0.1) is 5.82 Å². The van der Waals surface area contributed by atoms with Crippen LogP contribution in [-0.2, 0) is 9.59 Å². The van der Waals surface area contributed by atoms with E-state index in [-0.39, 0.29) is 46.0 Å². The summed E-state index contributed by atoms with van der Waals surface area (Å²) in [4.78, 5) is 37.6. The maximum absolute atomic E-state index is 13.8. The Kier molecular flexibility index (Phi) is 7.36. The number of para-hydroxylation sites is 1. The van der Waals surface area contributed by atoms with E-state index >= 15 is 0 Å². The molecule has 1 aliphatic heterocycles. The lowest BCUT2D eigenvalue weighted by atomic mass is 10.2. The van der Waals surface area contributed by atoms with E-state index in [1.165, 1.54) is 24.3 Å². The Hall–Kier alpha value is -2.55. The van der Waals surface area contributed by atoms with Crippen molar-refractivity contribution in [1.29, 1.82) is 0 Å². The average Bonchev–Trinajstić information content (AvgIpc) is 2.97. The molecule has 1 heterocycles. The Labute approximate surface area is 186 Å². The molecule has 2 aromatic carbocycles. The van der Waals surface area contributed by atoms with E-state index in [9.17, 15) is 18.8 Å². The third-order valence-corrected chi connectivity index (χ3v) is 5.49. The monoisotopic (exact) mass is 468 g/mol. The Bertz CT molecular complexity index is 1010.